The first-order chi connectivity index (χ1) is 5.83. The summed E-state index contributed by atoms with van der Waals surface area (Å²) in [6.07, 6.45) is 1.06. The standard InChI is InChI=1S/C8H23NO2Si2/c1-10-13(4,5)11-12(2,3)8-6-7-9/h6-9H2,1-5H3. The molecule has 0 aliphatic heterocycles. The average Bonchev–Trinajstić information content (AvgIpc) is 1.99. The summed E-state index contributed by atoms with van der Waals surface area (Å²) in [5.41, 5.74) is 5.48. The molecule has 0 saturated carbocycles. The molecular formula is C8H23NO2Si2. The number of nitrogens with two attached hydrogens (primary N) is 1. The van der Waals surface area contributed by atoms with Gasteiger partial charge in [0.25, 0.3) is 0 Å². The third-order valence-electron chi connectivity index (χ3n) is 2.00. The topological polar surface area (TPSA) is 44.5 Å². The molecule has 5 heteroatoms. The van der Waals surface area contributed by atoms with Crippen LogP contribution >= 0.6 is 0 Å². The van der Waals surface area contributed by atoms with Gasteiger partial charge < -0.3 is 14.3 Å². The first kappa shape index (κ1) is 13.3. The molecule has 0 fully saturated rings. The van der Waals surface area contributed by atoms with Crippen molar-refractivity contribution in [2.75, 3.05) is 13.7 Å². The van der Waals surface area contributed by atoms with E-state index in [4.69, 9.17) is 14.3 Å². The lowest BCUT2D eigenvalue weighted by molar-refractivity contribution is 0.309. The molecular weight excluding hydrogens is 198 g/mol. The molecule has 0 aliphatic carbocycles. The minimum Gasteiger partial charge on any atom is -0.436 e. The van der Waals surface area contributed by atoms with Crippen LogP contribution in [0.25, 0.3) is 0 Å². The highest BCUT2D eigenvalue weighted by molar-refractivity contribution is 6.82. The number of hydrogen-bond acceptors (Lipinski definition) is 3. The minimum absolute atomic E-state index is 0.759. The predicted molar refractivity (Wildman–Crippen MR) is 61.5 cm³/mol. The second-order valence-electron chi connectivity index (χ2n) is 4.36. The van der Waals surface area contributed by atoms with Gasteiger partial charge in [-0.15, -0.1) is 0 Å². The first-order valence-electron chi connectivity index (χ1n) is 4.78. The monoisotopic (exact) mass is 221 g/mol. The van der Waals surface area contributed by atoms with E-state index in [1.165, 1.54) is 0 Å². The van der Waals surface area contributed by atoms with E-state index in [-0.39, 0.29) is 0 Å². The maximum Gasteiger partial charge on any atom is 0.321 e. The second-order valence-corrected chi connectivity index (χ2v) is 12.4. The lowest BCUT2D eigenvalue weighted by Gasteiger charge is -2.32. The SMILES string of the molecule is CO[Si](C)(C)O[Si](C)(C)CCCN. The number of hydrogen-bond donors (Lipinski definition) is 1. The Morgan fingerprint density at radius 3 is 2.08 bits per heavy atom. The van der Waals surface area contributed by atoms with Gasteiger partial charge in [-0.2, -0.15) is 0 Å². The van der Waals surface area contributed by atoms with Gasteiger partial charge in [0.05, 0.1) is 0 Å². The fraction of sp³-hybridized carbons (Fsp3) is 1.00. The fourth-order valence-electron chi connectivity index (χ4n) is 1.29. The van der Waals surface area contributed by atoms with Crippen LogP contribution in [0.1, 0.15) is 6.42 Å². The van der Waals surface area contributed by atoms with E-state index in [1.54, 1.807) is 7.11 Å². The summed E-state index contributed by atoms with van der Waals surface area (Å²) in [5, 5.41) is 0. The molecule has 3 nitrogen and oxygen atoms in total. The molecule has 0 unspecified atom stereocenters. The Labute approximate surface area is 84.0 Å². The molecule has 0 amide bonds. The Kier molecular flexibility index (Phi) is 5.38. The van der Waals surface area contributed by atoms with E-state index < -0.39 is 16.9 Å². The van der Waals surface area contributed by atoms with Gasteiger partial charge in [-0.3, -0.25) is 0 Å². The van der Waals surface area contributed by atoms with Gasteiger partial charge in [0, 0.05) is 7.11 Å². The van der Waals surface area contributed by atoms with E-state index in [0.29, 0.717) is 0 Å². The van der Waals surface area contributed by atoms with Crippen LogP contribution < -0.4 is 5.73 Å². The van der Waals surface area contributed by atoms with Gasteiger partial charge in [0.2, 0.25) is 0 Å². The third kappa shape index (κ3) is 6.39. The predicted octanol–water partition coefficient (Wildman–Crippen LogP) is 1.91. The zero-order chi connectivity index (χ0) is 10.5. The molecule has 2 N–H and O–H groups in total. The summed E-state index contributed by atoms with van der Waals surface area (Å²) in [5.74, 6) is 0. The summed E-state index contributed by atoms with van der Waals surface area (Å²) >= 11 is 0. The van der Waals surface area contributed by atoms with Gasteiger partial charge in [0.1, 0.15) is 0 Å². The van der Waals surface area contributed by atoms with Gasteiger partial charge >= 0.3 is 8.56 Å². The van der Waals surface area contributed by atoms with E-state index in [9.17, 15) is 0 Å². The molecule has 0 heterocycles. The van der Waals surface area contributed by atoms with Crippen molar-refractivity contribution in [3.05, 3.63) is 0 Å². The largest absolute Gasteiger partial charge is 0.436 e. The van der Waals surface area contributed by atoms with Crippen LogP contribution in [0.5, 0.6) is 0 Å². The molecule has 0 spiro atoms. The highest BCUT2D eigenvalue weighted by Gasteiger charge is 2.33. The van der Waals surface area contributed by atoms with Gasteiger partial charge in [-0.1, -0.05) is 0 Å². The zero-order valence-electron chi connectivity index (χ0n) is 9.52. The van der Waals surface area contributed by atoms with Crippen LogP contribution in [0.4, 0.5) is 0 Å². The summed E-state index contributed by atoms with van der Waals surface area (Å²) in [7, 11) is -1.63. The molecule has 0 bridgehead atoms. The maximum absolute atomic E-state index is 6.08. The Hall–Kier alpha value is 0.314. The molecule has 13 heavy (non-hydrogen) atoms. The smallest absolute Gasteiger partial charge is 0.321 e. The van der Waals surface area contributed by atoms with Crippen molar-refractivity contribution in [1.82, 2.24) is 0 Å². The van der Waals surface area contributed by atoms with Crippen LogP contribution in [0.2, 0.25) is 32.2 Å². The second kappa shape index (κ2) is 5.26. The van der Waals surface area contributed by atoms with Crippen molar-refractivity contribution in [2.45, 2.75) is 38.7 Å². The Bertz CT molecular complexity index is 151. The van der Waals surface area contributed by atoms with Crippen LogP contribution in [-0.4, -0.2) is 30.5 Å². The van der Waals surface area contributed by atoms with Crippen molar-refractivity contribution in [2.24, 2.45) is 5.73 Å². The molecule has 80 valence electrons. The Morgan fingerprint density at radius 1 is 1.15 bits per heavy atom. The van der Waals surface area contributed by atoms with Crippen molar-refractivity contribution in [1.29, 1.82) is 0 Å². The lowest BCUT2D eigenvalue weighted by Crippen LogP contribution is -2.45. The van der Waals surface area contributed by atoms with Crippen molar-refractivity contribution >= 4 is 16.9 Å². The molecule has 0 radical (unpaired) electrons. The average molecular weight is 221 g/mol. The molecule has 0 saturated heterocycles. The van der Waals surface area contributed by atoms with Gasteiger partial charge in [-0.05, 0) is 45.2 Å². The van der Waals surface area contributed by atoms with Gasteiger partial charge in [-0.25, -0.2) is 0 Å². The molecule has 0 aromatic heterocycles. The number of rotatable bonds is 6. The molecule has 0 atom stereocenters. The Morgan fingerprint density at radius 2 is 1.69 bits per heavy atom. The molecule has 0 rings (SSSR count). The van der Waals surface area contributed by atoms with Crippen molar-refractivity contribution in [3.63, 3.8) is 0 Å². The summed E-state index contributed by atoms with van der Waals surface area (Å²) in [6, 6.07) is 1.13. The zero-order valence-corrected chi connectivity index (χ0v) is 11.5. The van der Waals surface area contributed by atoms with Crippen LogP contribution in [0, 0.1) is 0 Å². The van der Waals surface area contributed by atoms with E-state index in [2.05, 4.69) is 26.2 Å². The van der Waals surface area contributed by atoms with E-state index in [1.807, 2.05) is 0 Å². The van der Waals surface area contributed by atoms with E-state index in [0.717, 1.165) is 19.0 Å². The molecule has 0 aliphatic rings. The summed E-state index contributed by atoms with van der Waals surface area (Å²) < 4.78 is 11.5. The van der Waals surface area contributed by atoms with E-state index >= 15 is 0 Å². The highest BCUT2D eigenvalue weighted by Crippen LogP contribution is 2.19. The normalized spacial score (nSPS) is 13.4. The van der Waals surface area contributed by atoms with Crippen molar-refractivity contribution in [3.8, 4) is 0 Å². The quantitative estimate of drug-likeness (QED) is 0.697. The maximum atomic E-state index is 6.08. The molecule has 0 aromatic rings. The minimum atomic E-state index is -1.84. The lowest BCUT2D eigenvalue weighted by atomic mass is 10.5. The summed E-state index contributed by atoms with van der Waals surface area (Å²) in [4.78, 5) is 0. The van der Waals surface area contributed by atoms with Crippen LogP contribution in [0.3, 0.4) is 0 Å². The summed E-state index contributed by atoms with van der Waals surface area (Å²) in [6.45, 7) is 9.40. The van der Waals surface area contributed by atoms with Gasteiger partial charge in [0.15, 0.2) is 8.32 Å². The molecule has 0 aromatic carbocycles. The third-order valence-corrected chi connectivity index (χ3v) is 8.71. The first-order valence-corrected chi connectivity index (χ1v) is 10.7. The van der Waals surface area contributed by atoms with Crippen LogP contribution in [0.15, 0.2) is 0 Å². The fourth-order valence-corrected chi connectivity index (χ4v) is 8.41. The van der Waals surface area contributed by atoms with Crippen molar-refractivity contribution < 1.29 is 8.54 Å². The van der Waals surface area contributed by atoms with Crippen LogP contribution in [-0.2, 0) is 8.54 Å². The highest BCUT2D eigenvalue weighted by atomic mass is 28.4. The Balaban J connectivity index is 4.00.